The van der Waals surface area contributed by atoms with Crippen LogP contribution in [0, 0.1) is 0 Å². The van der Waals surface area contributed by atoms with Crippen LogP contribution in [-0.4, -0.2) is 44.8 Å². The predicted molar refractivity (Wildman–Crippen MR) is 75.3 cm³/mol. The zero-order valence-corrected chi connectivity index (χ0v) is 11.4. The lowest BCUT2D eigenvalue weighted by molar-refractivity contribution is -0.0411. The van der Waals surface area contributed by atoms with E-state index in [0.717, 1.165) is 36.4 Å². The summed E-state index contributed by atoms with van der Waals surface area (Å²) < 4.78 is 11.8. The smallest absolute Gasteiger partial charge is 0.134 e. The molecule has 102 valence electrons. The molecule has 3 rings (SSSR count). The Bertz CT molecular complexity index is 519. The van der Waals surface area contributed by atoms with Crippen LogP contribution in [0.25, 0.3) is 11.0 Å². The van der Waals surface area contributed by atoms with Gasteiger partial charge in [0.1, 0.15) is 11.3 Å². The summed E-state index contributed by atoms with van der Waals surface area (Å²) in [5, 5.41) is 4.46. The minimum Gasteiger partial charge on any atom is -0.459 e. The van der Waals surface area contributed by atoms with Crippen molar-refractivity contribution in [2.75, 3.05) is 33.8 Å². The molecule has 1 saturated heterocycles. The van der Waals surface area contributed by atoms with E-state index < -0.39 is 0 Å². The van der Waals surface area contributed by atoms with Crippen molar-refractivity contribution in [3.05, 3.63) is 36.1 Å². The van der Waals surface area contributed by atoms with E-state index in [1.54, 1.807) is 0 Å². The molecule has 1 aliphatic heterocycles. The maximum Gasteiger partial charge on any atom is 0.134 e. The number of morpholine rings is 1. The van der Waals surface area contributed by atoms with Gasteiger partial charge in [0.2, 0.25) is 0 Å². The Morgan fingerprint density at radius 2 is 2.21 bits per heavy atom. The standard InChI is InChI=1S/C15H20N2O2/c1-16-15(14-10-17(2)7-8-18-14)13-9-11-5-3-4-6-12(11)19-13/h3-6,9,14-16H,7-8,10H2,1-2H3. The molecule has 1 N–H and O–H groups in total. The molecule has 0 bridgehead atoms. The van der Waals surface area contributed by atoms with Gasteiger partial charge in [0.05, 0.1) is 18.8 Å². The largest absolute Gasteiger partial charge is 0.459 e. The number of likely N-dealkylation sites (N-methyl/N-ethyl adjacent to an activating group) is 2. The summed E-state index contributed by atoms with van der Waals surface area (Å²) in [5.74, 6) is 0.948. The second kappa shape index (κ2) is 5.33. The highest BCUT2D eigenvalue weighted by atomic mass is 16.5. The van der Waals surface area contributed by atoms with Crippen molar-refractivity contribution in [3.8, 4) is 0 Å². The van der Waals surface area contributed by atoms with Gasteiger partial charge in [-0.3, -0.25) is 0 Å². The summed E-state index contributed by atoms with van der Waals surface area (Å²) in [5.41, 5.74) is 0.932. The second-order valence-electron chi connectivity index (χ2n) is 5.12. The molecule has 19 heavy (non-hydrogen) atoms. The van der Waals surface area contributed by atoms with Gasteiger partial charge >= 0.3 is 0 Å². The Morgan fingerprint density at radius 3 is 2.95 bits per heavy atom. The Labute approximate surface area is 113 Å². The van der Waals surface area contributed by atoms with Crippen molar-refractivity contribution < 1.29 is 9.15 Å². The molecule has 2 heterocycles. The van der Waals surface area contributed by atoms with E-state index >= 15 is 0 Å². The third-order valence-corrected chi connectivity index (χ3v) is 3.73. The summed E-state index contributed by atoms with van der Waals surface area (Å²) in [6.45, 7) is 2.69. The van der Waals surface area contributed by atoms with Gasteiger partial charge in [0.25, 0.3) is 0 Å². The fourth-order valence-electron chi connectivity index (χ4n) is 2.68. The number of para-hydroxylation sites is 1. The molecule has 1 aromatic carbocycles. The number of fused-ring (bicyclic) bond motifs is 1. The molecule has 2 unspecified atom stereocenters. The first-order valence-corrected chi connectivity index (χ1v) is 6.74. The molecule has 4 heteroatoms. The molecule has 0 radical (unpaired) electrons. The minimum absolute atomic E-state index is 0.0927. The summed E-state index contributed by atoms with van der Waals surface area (Å²) in [6.07, 6.45) is 0.129. The van der Waals surface area contributed by atoms with Crippen LogP contribution in [0.5, 0.6) is 0 Å². The number of benzene rings is 1. The Kier molecular flexibility index (Phi) is 3.55. The van der Waals surface area contributed by atoms with Gasteiger partial charge in [0.15, 0.2) is 0 Å². The normalized spacial score (nSPS) is 22.7. The number of furan rings is 1. The van der Waals surface area contributed by atoms with Gasteiger partial charge in [-0.25, -0.2) is 0 Å². The summed E-state index contributed by atoms with van der Waals surface area (Å²) in [6, 6.07) is 10.3. The number of nitrogens with zero attached hydrogens (tertiary/aromatic N) is 1. The van der Waals surface area contributed by atoms with Crippen molar-refractivity contribution in [3.63, 3.8) is 0 Å². The molecule has 4 nitrogen and oxygen atoms in total. The number of nitrogens with one attached hydrogen (secondary N) is 1. The summed E-state index contributed by atoms with van der Waals surface area (Å²) in [4.78, 5) is 2.29. The molecular weight excluding hydrogens is 240 g/mol. The topological polar surface area (TPSA) is 37.6 Å². The van der Waals surface area contributed by atoms with Crippen LogP contribution in [-0.2, 0) is 4.74 Å². The molecule has 0 spiro atoms. The molecule has 2 atom stereocenters. The average molecular weight is 260 g/mol. The van der Waals surface area contributed by atoms with Crippen LogP contribution in [0.3, 0.4) is 0 Å². The second-order valence-corrected chi connectivity index (χ2v) is 5.12. The Hall–Kier alpha value is -1.36. The highest BCUT2D eigenvalue weighted by Crippen LogP contribution is 2.27. The summed E-state index contributed by atoms with van der Waals surface area (Å²) in [7, 11) is 4.08. The molecule has 2 aromatic rings. The molecule has 1 aliphatic rings. The summed E-state index contributed by atoms with van der Waals surface area (Å²) >= 11 is 0. The first-order chi connectivity index (χ1) is 9.28. The van der Waals surface area contributed by atoms with Gasteiger partial charge < -0.3 is 19.4 Å². The number of rotatable bonds is 3. The van der Waals surface area contributed by atoms with Gasteiger partial charge in [-0.05, 0) is 26.2 Å². The van der Waals surface area contributed by atoms with Gasteiger partial charge in [-0.2, -0.15) is 0 Å². The third kappa shape index (κ3) is 2.52. The highest BCUT2D eigenvalue weighted by molar-refractivity contribution is 5.77. The van der Waals surface area contributed by atoms with Crippen LogP contribution in [0.2, 0.25) is 0 Å². The first kappa shape index (κ1) is 12.7. The maximum absolute atomic E-state index is 5.95. The quantitative estimate of drug-likeness (QED) is 0.916. The van der Waals surface area contributed by atoms with Gasteiger partial charge in [0, 0.05) is 18.5 Å². The fourth-order valence-corrected chi connectivity index (χ4v) is 2.68. The number of hydrogen-bond acceptors (Lipinski definition) is 4. The monoisotopic (exact) mass is 260 g/mol. The zero-order valence-electron chi connectivity index (χ0n) is 11.4. The van der Waals surface area contributed by atoms with E-state index in [9.17, 15) is 0 Å². The van der Waals surface area contributed by atoms with E-state index in [4.69, 9.17) is 9.15 Å². The van der Waals surface area contributed by atoms with Crippen LogP contribution >= 0.6 is 0 Å². The van der Waals surface area contributed by atoms with Crippen LogP contribution in [0.15, 0.2) is 34.7 Å². The molecular formula is C15H20N2O2. The predicted octanol–water partition coefficient (Wildman–Crippen LogP) is 2.02. The van der Waals surface area contributed by atoms with Crippen molar-refractivity contribution >= 4 is 11.0 Å². The fraction of sp³-hybridized carbons (Fsp3) is 0.467. The third-order valence-electron chi connectivity index (χ3n) is 3.73. The highest BCUT2D eigenvalue weighted by Gasteiger charge is 2.29. The zero-order chi connectivity index (χ0) is 13.2. The van der Waals surface area contributed by atoms with Crippen molar-refractivity contribution in [1.82, 2.24) is 10.2 Å². The number of ether oxygens (including phenoxy) is 1. The molecule has 1 fully saturated rings. The SMILES string of the molecule is CNC(c1cc2ccccc2o1)C1CN(C)CCO1. The maximum atomic E-state index is 5.95. The average Bonchev–Trinajstić information content (AvgIpc) is 2.83. The first-order valence-electron chi connectivity index (χ1n) is 6.74. The lowest BCUT2D eigenvalue weighted by atomic mass is 10.1. The molecule has 0 aliphatic carbocycles. The lowest BCUT2D eigenvalue weighted by Gasteiger charge is -2.34. The van der Waals surface area contributed by atoms with E-state index in [1.807, 2.05) is 25.2 Å². The van der Waals surface area contributed by atoms with Crippen molar-refractivity contribution in [1.29, 1.82) is 0 Å². The minimum atomic E-state index is 0.0927. The van der Waals surface area contributed by atoms with E-state index in [0.29, 0.717) is 0 Å². The molecule has 0 amide bonds. The van der Waals surface area contributed by atoms with Crippen LogP contribution < -0.4 is 5.32 Å². The van der Waals surface area contributed by atoms with E-state index in [-0.39, 0.29) is 12.1 Å². The van der Waals surface area contributed by atoms with Crippen molar-refractivity contribution in [2.45, 2.75) is 12.1 Å². The van der Waals surface area contributed by atoms with Gasteiger partial charge in [-0.1, -0.05) is 18.2 Å². The van der Waals surface area contributed by atoms with Crippen LogP contribution in [0.1, 0.15) is 11.8 Å². The molecule has 1 aromatic heterocycles. The Morgan fingerprint density at radius 1 is 1.37 bits per heavy atom. The Balaban J connectivity index is 1.88. The van der Waals surface area contributed by atoms with E-state index in [1.165, 1.54) is 0 Å². The van der Waals surface area contributed by atoms with Crippen LogP contribution in [0.4, 0.5) is 0 Å². The number of hydrogen-bond donors (Lipinski definition) is 1. The lowest BCUT2D eigenvalue weighted by Crippen LogP contribution is -2.45. The van der Waals surface area contributed by atoms with Crippen molar-refractivity contribution in [2.24, 2.45) is 0 Å². The van der Waals surface area contributed by atoms with Gasteiger partial charge in [-0.15, -0.1) is 0 Å². The van der Waals surface area contributed by atoms with E-state index in [2.05, 4.69) is 29.4 Å². The molecule has 0 saturated carbocycles.